The minimum absolute atomic E-state index is 0.117. The van der Waals surface area contributed by atoms with E-state index < -0.39 is 6.04 Å². The Bertz CT molecular complexity index is 584. The first-order valence-electron chi connectivity index (χ1n) is 7.89. The fourth-order valence-corrected chi connectivity index (χ4v) is 3.06. The van der Waals surface area contributed by atoms with Crippen LogP contribution in [0.4, 0.5) is 4.79 Å². The second kappa shape index (κ2) is 6.81. The topological polar surface area (TPSA) is 61.4 Å². The Kier molecular flexibility index (Phi) is 5.06. The first-order valence-corrected chi connectivity index (χ1v) is 7.89. The highest BCUT2D eigenvalue weighted by Gasteiger charge is 2.34. The number of hydrogen-bond donors (Lipinski definition) is 2. The molecular formula is C17H25N3O2. The first-order chi connectivity index (χ1) is 10.5. The van der Waals surface area contributed by atoms with Crippen molar-refractivity contribution in [1.29, 1.82) is 0 Å². The monoisotopic (exact) mass is 303 g/mol. The standard InChI is InChI=1S/C17H25N3O2/c1-5-12-8-14-10-20(17(22)19-6-2)15(16(21)18-4)9-13(14)7-11(12)3/h7-8,15H,5-6,9-10H2,1-4H3,(H,18,21)(H,19,22). The van der Waals surface area contributed by atoms with Crippen LogP contribution in [0.3, 0.4) is 0 Å². The molecule has 0 saturated heterocycles. The molecule has 0 radical (unpaired) electrons. The lowest BCUT2D eigenvalue weighted by atomic mass is 9.89. The Morgan fingerprint density at radius 2 is 2.00 bits per heavy atom. The van der Waals surface area contributed by atoms with Crippen molar-refractivity contribution in [2.75, 3.05) is 13.6 Å². The zero-order chi connectivity index (χ0) is 16.3. The molecule has 5 heteroatoms. The first kappa shape index (κ1) is 16.3. The van der Waals surface area contributed by atoms with Crippen molar-refractivity contribution in [3.63, 3.8) is 0 Å². The molecule has 1 aliphatic rings. The molecule has 0 aromatic heterocycles. The number of benzene rings is 1. The Balaban J connectivity index is 2.38. The Morgan fingerprint density at radius 3 is 2.59 bits per heavy atom. The number of hydrogen-bond acceptors (Lipinski definition) is 2. The molecule has 22 heavy (non-hydrogen) atoms. The average Bonchev–Trinajstić information content (AvgIpc) is 2.52. The number of carbonyl (C=O) groups excluding carboxylic acids is 2. The fraction of sp³-hybridized carbons (Fsp3) is 0.529. The van der Waals surface area contributed by atoms with Gasteiger partial charge in [0, 0.05) is 26.6 Å². The van der Waals surface area contributed by atoms with Crippen LogP contribution < -0.4 is 10.6 Å². The van der Waals surface area contributed by atoms with E-state index in [1.165, 1.54) is 16.7 Å². The van der Waals surface area contributed by atoms with Gasteiger partial charge < -0.3 is 15.5 Å². The number of likely N-dealkylation sites (N-methyl/N-ethyl adjacent to an activating group) is 1. The molecule has 2 rings (SSSR count). The van der Waals surface area contributed by atoms with E-state index in [4.69, 9.17) is 0 Å². The quantitative estimate of drug-likeness (QED) is 0.894. The molecule has 0 spiro atoms. The van der Waals surface area contributed by atoms with Crippen molar-refractivity contribution in [3.8, 4) is 0 Å². The van der Waals surface area contributed by atoms with E-state index in [2.05, 4.69) is 36.6 Å². The van der Waals surface area contributed by atoms with E-state index in [0.29, 0.717) is 19.5 Å². The van der Waals surface area contributed by atoms with Crippen LogP contribution in [0.5, 0.6) is 0 Å². The number of rotatable bonds is 3. The van der Waals surface area contributed by atoms with Crippen LogP contribution in [0, 0.1) is 6.92 Å². The predicted octanol–water partition coefficient (Wildman–Crippen LogP) is 1.76. The van der Waals surface area contributed by atoms with Crippen LogP contribution in [0.1, 0.15) is 36.1 Å². The minimum atomic E-state index is -0.448. The SMILES string of the molecule is CCNC(=O)N1Cc2cc(CC)c(C)cc2CC1C(=O)NC. The van der Waals surface area contributed by atoms with Crippen molar-refractivity contribution < 1.29 is 9.59 Å². The lowest BCUT2D eigenvalue weighted by Crippen LogP contribution is -2.54. The van der Waals surface area contributed by atoms with Crippen molar-refractivity contribution in [3.05, 3.63) is 34.4 Å². The van der Waals surface area contributed by atoms with Crippen LogP contribution >= 0.6 is 0 Å². The summed E-state index contributed by atoms with van der Waals surface area (Å²) in [5.74, 6) is -0.117. The summed E-state index contributed by atoms with van der Waals surface area (Å²) in [5.41, 5.74) is 4.87. The van der Waals surface area contributed by atoms with Gasteiger partial charge in [-0.1, -0.05) is 19.1 Å². The summed E-state index contributed by atoms with van der Waals surface area (Å²) in [6, 6.07) is 3.71. The lowest BCUT2D eigenvalue weighted by Gasteiger charge is -2.36. The molecular weight excluding hydrogens is 278 g/mol. The van der Waals surface area contributed by atoms with Gasteiger partial charge in [0.25, 0.3) is 0 Å². The van der Waals surface area contributed by atoms with Crippen molar-refractivity contribution in [2.45, 2.75) is 46.2 Å². The second-order valence-electron chi connectivity index (χ2n) is 5.70. The summed E-state index contributed by atoms with van der Waals surface area (Å²) in [6.07, 6.45) is 1.54. The smallest absolute Gasteiger partial charge is 0.318 e. The van der Waals surface area contributed by atoms with E-state index in [-0.39, 0.29) is 11.9 Å². The normalized spacial score (nSPS) is 16.9. The third kappa shape index (κ3) is 3.08. The summed E-state index contributed by atoms with van der Waals surface area (Å²) in [6.45, 7) is 7.14. The molecule has 1 unspecified atom stereocenters. The fourth-order valence-electron chi connectivity index (χ4n) is 3.06. The van der Waals surface area contributed by atoms with E-state index in [0.717, 1.165) is 12.0 Å². The average molecular weight is 303 g/mol. The molecule has 1 atom stereocenters. The summed E-state index contributed by atoms with van der Waals surface area (Å²) in [7, 11) is 1.61. The number of nitrogens with one attached hydrogen (secondary N) is 2. The van der Waals surface area contributed by atoms with Gasteiger partial charge in [-0.05, 0) is 42.5 Å². The molecule has 1 aromatic carbocycles. The van der Waals surface area contributed by atoms with Gasteiger partial charge in [0.05, 0.1) is 0 Å². The van der Waals surface area contributed by atoms with Gasteiger partial charge in [0.2, 0.25) is 5.91 Å². The maximum absolute atomic E-state index is 12.3. The van der Waals surface area contributed by atoms with Crippen LogP contribution in [0.2, 0.25) is 0 Å². The Labute approximate surface area is 132 Å². The highest BCUT2D eigenvalue weighted by atomic mass is 16.2. The van der Waals surface area contributed by atoms with Gasteiger partial charge in [-0.25, -0.2) is 4.79 Å². The lowest BCUT2D eigenvalue weighted by molar-refractivity contribution is -0.125. The number of amides is 3. The number of carbonyl (C=O) groups is 2. The number of urea groups is 1. The van der Waals surface area contributed by atoms with Gasteiger partial charge in [-0.3, -0.25) is 4.79 Å². The number of fused-ring (bicyclic) bond motifs is 1. The van der Waals surface area contributed by atoms with Crippen LogP contribution in [-0.2, 0) is 24.2 Å². The minimum Gasteiger partial charge on any atom is -0.357 e. The predicted molar refractivity (Wildman–Crippen MR) is 86.7 cm³/mol. The van der Waals surface area contributed by atoms with Gasteiger partial charge in [0.15, 0.2) is 0 Å². The molecule has 0 bridgehead atoms. The molecule has 1 heterocycles. The van der Waals surface area contributed by atoms with E-state index in [1.54, 1.807) is 11.9 Å². The van der Waals surface area contributed by atoms with E-state index in [9.17, 15) is 9.59 Å². The molecule has 0 fully saturated rings. The molecule has 0 aliphatic carbocycles. The maximum atomic E-state index is 12.3. The van der Waals surface area contributed by atoms with Crippen molar-refractivity contribution in [2.24, 2.45) is 0 Å². The molecule has 0 saturated carbocycles. The third-order valence-electron chi connectivity index (χ3n) is 4.31. The molecule has 1 aliphatic heterocycles. The van der Waals surface area contributed by atoms with Gasteiger partial charge >= 0.3 is 6.03 Å². The Hall–Kier alpha value is -2.04. The highest BCUT2D eigenvalue weighted by Crippen LogP contribution is 2.27. The van der Waals surface area contributed by atoms with Gasteiger partial charge in [-0.2, -0.15) is 0 Å². The van der Waals surface area contributed by atoms with E-state index in [1.807, 2.05) is 6.92 Å². The molecule has 1 aromatic rings. The van der Waals surface area contributed by atoms with Crippen molar-refractivity contribution in [1.82, 2.24) is 15.5 Å². The second-order valence-corrected chi connectivity index (χ2v) is 5.70. The molecule has 5 nitrogen and oxygen atoms in total. The molecule has 2 N–H and O–H groups in total. The van der Waals surface area contributed by atoms with Crippen LogP contribution in [-0.4, -0.2) is 36.5 Å². The number of aryl methyl sites for hydroxylation is 2. The molecule has 120 valence electrons. The van der Waals surface area contributed by atoms with Crippen molar-refractivity contribution >= 4 is 11.9 Å². The zero-order valence-corrected chi connectivity index (χ0v) is 13.8. The highest BCUT2D eigenvalue weighted by molar-refractivity contribution is 5.87. The third-order valence-corrected chi connectivity index (χ3v) is 4.31. The number of nitrogens with zero attached hydrogens (tertiary/aromatic N) is 1. The zero-order valence-electron chi connectivity index (χ0n) is 13.8. The van der Waals surface area contributed by atoms with E-state index >= 15 is 0 Å². The summed E-state index contributed by atoms with van der Waals surface area (Å²) >= 11 is 0. The van der Waals surface area contributed by atoms with Gasteiger partial charge in [0.1, 0.15) is 6.04 Å². The maximum Gasteiger partial charge on any atom is 0.318 e. The largest absolute Gasteiger partial charge is 0.357 e. The van der Waals surface area contributed by atoms with Crippen LogP contribution in [0.15, 0.2) is 12.1 Å². The Morgan fingerprint density at radius 1 is 1.27 bits per heavy atom. The van der Waals surface area contributed by atoms with Gasteiger partial charge in [-0.15, -0.1) is 0 Å². The molecule has 3 amide bonds. The summed E-state index contributed by atoms with van der Waals surface area (Å²) in [5, 5.41) is 5.47. The van der Waals surface area contributed by atoms with Crippen LogP contribution in [0.25, 0.3) is 0 Å². The summed E-state index contributed by atoms with van der Waals surface area (Å²) in [4.78, 5) is 26.1. The summed E-state index contributed by atoms with van der Waals surface area (Å²) < 4.78 is 0.